The normalized spacial score (nSPS) is 10.6. The molecule has 84 valence electrons. The Bertz CT molecular complexity index is 458. The number of amides is 1. The first-order valence-corrected chi connectivity index (χ1v) is 4.96. The SMILES string of the molecule is Cc1cccc(C(=O)NC(C)(C)C#N)c1N. The summed E-state index contributed by atoms with van der Waals surface area (Å²) < 4.78 is 0. The Kier molecular flexibility index (Phi) is 3.19. The van der Waals surface area contributed by atoms with Gasteiger partial charge in [-0.25, -0.2) is 0 Å². The average molecular weight is 217 g/mol. The summed E-state index contributed by atoms with van der Waals surface area (Å²) in [5.74, 6) is -0.326. The van der Waals surface area contributed by atoms with Crippen molar-refractivity contribution in [2.24, 2.45) is 0 Å². The van der Waals surface area contributed by atoms with E-state index in [1.165, 1.54) is 0 Å². The number of hydrogen-bond acceptors (Lipinski definition) is 3. The molecule has 0 spiro atoms. The number of benzene rings is 1. The van der Waals surface area contributed by atoms with Crippen molar-refractivity contribution in [3.8, 4) is 6.07 Å². The van der Waals surface area contributed by atoms with Crippen molar-refractivity contribution < 1.29 is 4.79 Å². The van der Waals surface area contributed by atoms with Crippen LogP contribution in [-0.4, -0.2) is 11.4 Å². The molecular formula is C12H15N3O. The number of anilines is 1. The summed E-state index contributed by atoms with van der Waals surface area (Å²) in [5, 5.41) is 11.4. The van der Waals surface area contributed by atoms with Crippen molar-refractivity contribution in [1.82, 2.24) is 5.32 Å². The zero-order chi connectivity index (χ0) is 12.3. The van der Waals surface area contributed by atoms with Gasteiger partial charge in [0.1, 0.15) is 5.54 Å². The molecule has 0 aromatic heterocycles. The second-order valence-corrected chi connectivity index (χ2v) is 4.23. The van der Waals surface area contributed by atoms with Crippen molar-refractivity contribution in [3.63, 3.8) is 0 Å². The van der Waals surface area contributed by atoms with Crippen LogP contribution in [0.1, 0.15) is 29.8 Å². The van der Waals surface area contributed by atoms with Crippen molar-refractivity contribution >= 4 is 11.6 Å². The monoisotopic (exact) mass is 217 g/mol. The lowest BCUT2D eigenvalue weighted by molar-refractivity contribution is 0.0930. The number of nitrogen functional groups attached to an aromatic ring is 1. The maximum absolute atomic E-state index is 11.9. The number of aryl methyl sites for hydroxylation is 1. The van der Waals surface area contributed by atoms with Crippen LogP contribution in [0.2, 0.25) is 0 Å². The third kappa shape index (κ3) is 2.51. The molecular weight excluding hydrogens is 202 g/mol. The topological polar surface area (TPSA) is 78.9 Å². The summed E-state index contributed by atoms with van der Waals surface area (Å²) in [5.41, 5.74) is 6.61. The van der Waals surface area contributed by atoms with Crippen LogP contribution in [0.5, 0.6) is 0 Å². The fourth-order valence-corrected chi connectivity index (χ4v) is 1.26. The van der Waals surface area contributed by atoms with E-state index in [9.17, 15) is 4.79 Å². The van der Waals surface area contributed by atoms with E-state index in [1.807, 2.05) is 19.1 Å². The maximum Gasteiger partial charge on any atom is 0.254 e. The summed E-state index contributed by atoms with van der Waals surface area (Å²) in [6.07, 6.45) is 0. The van der Waals surface area contributed by atoms with E-state index in [0.717, 1.165) is 5.56 Å². The Hall–Kier alpha value is -2.02. The number of rotatable bonds is 2. The molecule has 1 amide bonds. The number of carbonyl (C=O) groups excluding carboxylic acids is 1. The fraction of sp³-hybridized carbons (Fsp3) is 0.333. The van der Waals surface area contributed by atoms with E-state index >= 15 is 0 Å². The van der Waals surface area contributed by atoms with Crippen molar-refractivity contribution in [2.75, 3.05) is 5.73 Å². The standard InChI is InChI=1S/C12H15N3O/c1-8-5-4-6-9(10(8)14)11(16)15-12(2,3)7-13/h4-6H,14H2,1-3H3,(H,15,16). The smallest absolute Gasteiger partial charge is 0.254 e. The molecule has 1 aromatic rings. The quantitative estimate of drug-likeness (QED) is 0.738. The van der Waals surface area contributed by atoms with Crippen LogP contribution < -0.4 is 11.1 Å². The highest BCUT2D eigenvalue weighted by Crippen LogP contribution is 2.17. The Morgan fingerprint density at radius 3 is 2.69 bits per heavy atom. The Morgan fingerprint density at radius 1 is 1.50 bits per heavy atom. The van der Waals surface area contributed by atoms with Gasteiger partial charge < -0.3 is 11.1 Å². The third-order valence-electron chi connectivity index (χ3n) is 2.27. The largest absolute Gasteiger partial charge is 0.398 e. The van der Waals surface area contributed by atoms with E-state index in [2.05, 4.69) is 5.32 Å². The van der Waals surface area contributed by atoms with Gasteiger partial charge in [-0.15, -0.1) is 0 Å². The second-order valence-electron chi connectivity index (χ2n) is 4.23. The summed E-state index contributed by atoms with van der Waals surface area (Å²) in [4.78, 5) is 11.9. The van der Waals surface area contributed by atoms with Gasteiger partial charge in [0.25, 0.3) is 5.91 Å². The van der Waals surface area contributed by atoms with Crippen LogP contribution in [0, 0.1) is 18.3 Å². The lowest BCUT2D eigenvalue weighted by Crippen LogP contribution is -2.42. The van der Waals surface area contributed by atoms with Gasteiger partial charge in [-0.2, -0.15) is 5.26 Å². The first-order chi connectivity index (χ1) is 7.37. The molecule has 16 heavy (non-hydrogen) atoms. The van der Waals surface area contributed by atoms with Crippen LogP contribution in [0.3, 0.4) is 0 Å². The number of nitriles is 1. The van der Waals surface area contributed by atoms with Gasteiger partial charge in [0.2, 0.25) is 0 Å². The summed E-state index contributed by atoms with van der Waals surface area (Å²) in [7, 11) is 0. The fourth-order valence-electron chi connectivity index (χ4n) is 1.26. The molecule has 0 atom stereocenters. The van der Waals surface area contributed by atoms with Gasteiger partial charge in [0, 0.05) is 5.69 Å². The number of nitrogens with one attached hydrogen (secondary N) is 1. The van der Waals surface area contributed by atoms with E-state index in [-0.39, 0.29) is 5.91 Å². The zero-order valence-corrected chi connectivity index (χ0v) is 9.66. The molecule has 3 N–H and O–H groups in total. The summed E-state index contributed by atoms with van der Waals surface area (Å²) in [6.45, 7) is 5.11. The molecule has 1 aromatic carbocycles. The van der Waals surface area contributed by atoms with Crippen LogP contribution >= 0.6 is 0 Å². The molecule has 0 aliphatic heterocycles. The van der Waals surface area contributed by atoms with Gasteiger partial charge in [-0.3, -0.25) is 4.79 Å². The highest BCUT2D eigenvalue weighted by atomic mass is 16.1. The Morgan fingerprint density at radius 2 is 2.12 bits per heavy atom. The lowest BCUT2D eigenvalue weighted by atomic mass is 10.0. The number of hydrogen-bond donors (Lipinski definition) is 2. The third-order valence-corrected chi connectivity index (χ3v) is 2.27. The number of nitrogens with zero attached hydrogens (tertiary/aromatic N) is 1. The van der Waals surface area contributed by atoms with Crippen molar-refractivity contribution in [2.45, 2.75) is 26.3 Å². The number of carbonyl (C=O) groups is 1. The minimum atomic E-state index is -0.896. The Labute approximate surface area is 95.1 Å². The minimum absolute atomic E-state index is 0.326. The molecule has 0 aliphatic carbocycles. The highest BCUT2D eigenvalue weighted by molar-refractivity contribution is 6.00. The Balaban J connectivity index is 2.99. The van der Waals surface area contributed by atoms with Crippen molar-refractivity contribution in [3.05, 3.63) is 29.3 Å². The molecule has 0 saturated carbocycles. The highest BCUT2D eigenvalue weighted by Gasteiger charge is 2.21. The average Bonchev–Trinajstić information content (AvgIpc) is 2.21. The van der Waals surface area contributed by atoms with E-state index < -0.39 is 5.54 Å². The van der Waals surface area contributed by atoms with Gasteiger partial charge >= 0.3 is 0 Å². The molecule has 0 fully saturated rings. The van der Waals surface area contributed by atoms with Gasteiger partial charge in [0.15, 0.2) is 0 Å². The maximum atomic E-state index is 11.9. The molecule has 0 unspecified atom stereocenters. The molecule has 4 nitrogen and oxygen atoms in total. The molecule has 0 bridgehead atoms. The summed E-state index contributed by atoms with van der Waals surface area (Å²) in [6, 6.07) is 7.25. The molecule has 0 aliphatic rings. The van der Waals surface area contributed by atoms with Crippen LogP contribution in [0.15, 0.2) is 18.2 Å². The zero-order valence-electron chi connectivity index (χ0n) is 9.66. The van der Waals surface area contributed by atoms with Gasteiger partial charge in [-0.1, -0.05) is 12.1 Å². The predicted octanol–water partition coefficient (Wildman–Crippen LogP) is 1.61. The number of para-hydroxylation sites is 1. The molecule has 0 radical (unpaired) electrons. The predicted molar refractivity (Wildman–Crippen MR) is 62.7 cm³/mol. The van der Waals surface area contributed by atoms with E-state index in [1.54, 1.807) is 26.0 Å². The molecule has 0 heterocycles. The minimum Gasteiger partial charge on any atom is -0.398 e. The van der Waals surface area contributed by atoms with E-state index in [0.29, 0.717) is 11.3 Å². The lowest BCUT2D eigenvalue weighted by Gasteiger charge is -2.18. The first kappa shape index (κ1) is 12.1. The molecule has 1 rings (SSSR count). The van der Waals surface area contributed by atoms with E-state index in [4.69, 9.17) is 11.0 Å². The number of nitrogens with two attached hydrogens (primary N) is 1. The van der Waals surface area contributed by atoms with Crippen molar-refractivity contribution in [1.29, 1.82) is 5.26 Å². The second kappa shape index (κ2) is 4.23. The van der Waals surface area contributed by atoms with Crippen LogP contribution in [-0.2, 0) is 0 Å². The van der Waals surface area contributed by atoms with Gasteiger partial charge in [-0.05, 0) is 32.4 Å². The van der Waals surface area contributed by atoms with Crippen LogP contribution in [0.4, 0.5) is 5.69 Å². The van der Waals surface area contributed by atoms with Gasteiger partial charge in [0.05, 0.1) is 11.6 Å². The van der Waals surface area contributed by atoms with Crippen LogP contribution in [0.25, 0.3) is 0 Å². The molecule has 0 saturated heterocycles. The summed E-state index contributed by atoms with van der Waals surface area (Å²) >= 11 is 0. The first-order valence-electron chi connectivity index (χ1n) is 4.96. The molecule has 4 heteroatoms.